The number of hydrogen-bond donors (Lipinski definition) is 3. The van der Waals surface area contributed by atoms with Crippen LogP contribution in [0.2, 0.25) is 0 Å². The summed E-state index contributed by atoms with van der Waals surface area (Å²) in [6.07, 6.45) is 0. The molecule has 0 aliphatic carbocycles. The van der Waals surface area contributed by atoms with E-state index in [4.69, 9.17) is 10.2 Å². The number of carbonyl (C=O) groups is 1. The summed E-state index contributed by atoms with van der Waals surface area (Å²) in [6, 6.07) is 8.94. The second-order valence-corrected chi connectivity index (χ2v) is 4.77. The van der Waals surface area contributed by atoms with Crippen molar-refractivity contribution in [2.24, 2.45) is 0 Å². The van der Waals surface area contributed by atoms with E-state index in [1.54, 1.807) is 6.07 Å². The molecular weight excluding hydrogens is 238 g/mol. The van der Waals surface area contributed by atoms with Crippen LogP contribution in [0.15, 0.2) is 30.3 Å². The van der Waals surface area contributed by atoms with Gasteiger partial charge in [0, 0.05) is 4.70 Å². The molecule has 0 aliphatic rings. The lowest BCUT2D eigenvalue weighted by atomic mass is 10.2. The number of amides is 1. The van der Waals surface area contributed by atoms with E-state index in [0.29, 0.717) is 4.88 Å². The summed E-state index contributed by atoms with van der Waals surface area (Å²) in [7, 11) is 0. The molecule has 1 aromatic heterocycles. The number of aliphatic hydroxyl groups is 2. The third-order valence-corrected chi connectivity index (χ3v) is 3.54. The number of fused-ring (bicyclic) bond motifs is 1. The average Bonchev–Trinajstić information content (AvgIpc) is 2.79. The Bertz CT molecular complexity index is 486. The van der Waals surface area contributed by atoms with Gasteiger partial charge in [0.2, 0.25) is 0 Å². The molecule has 1 aromatic carbocycles. The zero-order valence-electron chi connectivity index (χ0n) is 9.09. The summed E-state index contributed by atoms with van der Waals surface area (Å²) in [5.74, 6) is -0.265. The fraction of sp³-hybridized carbons (Fsp3) is 0.250. The summed E-state index contributed by atoms with van der Waals surface area (Å²) < 4.78 is 1.04. The Morgan fingerprint density at radius 1 is 1.29 bits per heavy atom. The highest BCUT2D eigenvalue weighted by Gasteiger charge is 2.14. The summed E-state index contributed by atoms with van der Waals surface area (Å²) in [6.45, 7) is -0.541. The second-order valence-electron chi connectivity index (χ2n) is 3.68. The maximum absolute atomic E-state index is 11.8. The molecule has 0 bridgehead atoms. The first-order chi connectivity index (χ1) is 8.24. The van der Waals surface area contributed by atoms with Gasteiger partial charge in [-0.15, -0.1) is 11.3 Å². The molecule has 0 atom stereocenters. The number of hydrogen-bond acceptors (Lipinski definition) is 4. The van der Waals surface area contributed by atoms with Crippen molar-refractivity contribution in [3.8, 4) is 0 Å². The minimum absolute atomic E-state index is 0.265. The van der Waals surface area contributed by atoms with Crippen molar-refractivity contribution in [2.75, 3.05) is 13.2 Å². The molecule has 0 saturated heterocycles. The smallest absolute Gasteiger partial charge is 0.261 e. The van der Waals surface area contributed by atoms with Gasteiger partial charge in [-0.25, -0.2) is 0 Å². The largest absolute Gasteiger partial charge is 0.394 e. The van der Waals surface area contributed by atoms with Crippen molar-refractivity contribution in [1.29, 1.82) is 0 Å². The second kappa shape index (κ2) is 5.27. The monoisotopic (exact) mass is 251 g/mol. The summed E-state index contributed by atoms with van der Waals surface area (Å²) in [4.78, 5) is 12.4. The van der Waals surface area contributed by atoms with Gasteiger partial charge in [-0.2, -0.15) is 0 Å². The van der Waals surface area contributed by atoms with Gasteiger partial charge in [0.1, 0.15) is 0 Å². The van der Waals surface area contributed by atoms with Crippen LogP contribution in [0.5, 0.6) is 0 Å². The van der Waals surface area contributed by atoms with Crippen LogP contribution in [0.3, 0.4) is 0 Å². The van der Waals surface area contributed by atoms with Gasteiger partial charge in [-0.3, -0.25) is 4.79 Å². The van der Waals surface area contributed by atoms with Crippen LogP contribution in [0, 0.1) is 0 Å². The first kappa shape index (κ1) is 12.0. The van der Waals surface area contributed by atoms with E-state index in [2.05, 4.69) is 5.32 Å². The van der Waals surface area contributed by atoms with Gasteiger partial charge < -0.3 is 15.5 Å². The van der Waals surface area contributed by atoms with Gasteiger partial charge >= 0.3 is 0 Å². The number of benzene rings is 1. The van der Waals surface area contributed by atoms with Crippen LogP contribution in [0.25, 0.3) is 10.1 Å². The quantitative estimate of drug-likeness (QED) is 0.759. The predicted molar refractivity (Wildman–Crippen MR) is 67.3 cm³/mol. The molecule has 90 valence electrons. The third-order valence-electron chi connectivity index (χ3n) is 2.43. The lowest BCUT2D eigenvalue weighted by Gasteiger charge is -2.11. The fourth-order valence-corrected chi connectivity index (χ4v) is 2.47. The van der Waals surface area contributed by atoms with Crippen LogP contribution in [-0.2, 0) is 0 Å². The molecule has 1 amide bonds. The van der Waals surface area contributed by atoms with E-state index in [1.165, 1.54) is 11.3 Å². The highest BCUT2D eigenvalue weighted by molar-refractivity contribution is 7.20. The van der Waals surface area contributed by atoms with Gasteiger partial charge in [-0.05, 0) is 17.5 Å². The Balaban J connectivity index is 2.19. The van der Waals surface area contributed by atoms with Gasteiger partial charge in [0.15, 0.2) is 0 Å². The minimum atomic E-state index is -0.604. The van der Waals surface area contributed by atoms with E-state index in [0.717, 1.165) is 10.1 Å². The molecule has 17 heavy (non-hydrogen) atoms. The number of carbonyl (C=O) groups excluding carboxylic acids is 1. The average molecular weight is 251 g/mol. The molecule has 5 heteroatoms. The van der Waals surface area contributed by atoms with Crippen LogP contribution >= 0.6 is 11.3 Å². The molecule has 0 radical (unpaired) electrons. The molecular formula is C12H13NO3S. The normalized spacial score (nSPS) is 11.0. The Morgan fingerprint density at radius 2 is 2.00 bits per heavy atom. The van der Waals surface area contributed by atoms with Crippen molar-refractivity contribution in [3.05, 3.63) is 35.2 Å². The Hall–Kier alpha value is -1.43. The van der Waals surface area contributed by atoms with Crippen molar-refractivity contribution >= 4 is 27.3 Å². The molecule has 0 aliphatic heterocycles. The van der Waals surface area contributed by atoms with Crippen molar-refractivity contribution in [3.63, 3.8) is 0 Å². The highest BCUT2D eigenvalue weighted by atomic mass is 32.1. The van der Waals surface area contributed by atoms with Crippen LogP contribution in [0.4, 0.5) is 0 Å². The van der Waals surface area contributed by atoms with E-state index >= 15 is 0 Å². The SMILES string of the molecule is O=C(NC(CO)CO)c1cc2ccccc2s1. The van der Waals surface area contributed by atoms with Crippen LogP contribution in [-0.4, -0.2) is 35.4 Å². The number of rotatable bonds is 4. The zero-order valence-corrected chi connectivity index (χ0v) is 9.91. The van der Waals surface area contributed by atoms with Crippen LogP contribution < -0.4 is 5.32 Å². The molecule has 0 saturated carbocycles. The first-order valence-corrected chi connectivity index (χ1v) is 6.07. The van der Waals surface area contributed by atoms with Gasteiger partial charge in [0.05, 0.1) is 24.1 Å². The molecule has 0 spiro atoms. The maximum atomic E-state index is 11.8. The lowest BCUT2D eigenvalue weighted by Crippen LogP contribution is -2.39. The van der Waals surface area contributed by atoms with E-state index < -0.39 is 6.04 Å². The summed E-state index contributed by atoms with van der Waals surface area (Å²) >= 11 is 1.39. The molecule has 2 aromatic rings. The van der Waals surface area contributed by atoms with Crippen LogP contribution in [0.1, 0.15) is 9.67 Å². The van der Waals surface area contributed by atoms with Crippen molar-refractivity contribution in [2.45, 2.75) is 6.04 Å². The topological polar surface area (TPSA) is 69.6 Å². The number of nitrogens with one attached hydrogen (secondary N) is 1. The van der Waals surface area contributed by atoms with Gasteiger partial charge in [0.25, 0.3) is 5.91 Å². The van der Waals surface area contributed by atoms with E-state index in [-0.39, 0.29) is 19.1 Å². The lowest BCUT2D eigenvalue weighted by molar-refractivity contribution is 0.0883. The molecule has 0 fully saturated rings. The Kier molecular flexibility index (Phi) is 3.73. The molecule has 4 nitrogen and oxygen atoms in total. The maximum Gasteiger partial charge on any atom is 0.261 e. The Morgan fingerprint density at radius 3 is 2.65 bits per heavy atom. The first-order valence-electron chi connectivity index (χ1n) is 5.25. The van der Waals surface area contributed by atoms with E-state index in [1.807, 2.05) is 24.3 Å². The zero-order chi connectivity index (χ0) is 12.3. The van der Waals surface area contributed by atoms with E-state index in [9.17, 15) is 4.79 Å². The highest BCUT2D eigenvalue weighted by Crippen LogP contribution is 2.25. The van der Waals surface area contributed by atoms with Gasteiger partial charge in [-0.1, -0.05) is 18.2 Å². The predicted octanol–water partition coefficient (Wildman–Crippen LogP) is 0.984. The standard InChI is InChI=1S/C12H13NO3S/c14-6-9(7-15)13-12(16)11-5-8-3-1-2-4-10(8)17-11/h1-5,9,14-15H,6-7H2,(H,13,16). The fourth-order valence-electron chi connectivity index (χ4n) is 1.50. The molecule has 2 rings (SSSR count). The van der Waals surface area contributed by atoms with Crippen molar-refractivity contribution in [1.82, 2.24) is 5.32 Å². The number of aliphatic hydroxyl groups excluding tert-OH is 2. The molecule has 1 heterocycles. The third kappa shape index (κ3) is 2.63. The Labute approximate surface area is 103 Å². The number of thiophene rings is 1. The minimum Gasteiger partial charge on any atom is -0.394 e. The molecule has 3 N–H and O–H groups in total. The molecule has 0 unspecified atom stereocenters. The summed E-state index contributed by atoms with van der Waals surface area (Å²) in [5.41, 5.74) is 0. The summed E-state index contributed by atoms with van der Waals surface area (Å²) in [5, 5.41) is 21.4. The van der Waals surface area contributed by atoms with Crippen molar-refractivity contribution < 1.29 is 15.0 Å².